The molecule has 58 heavy (non-hydrogen) atoms. The third-order valence-corrected chi connectivity index (χ3v) is 13.3. The Labute approximate surface area is 337 Å². The van der Waals surface area contributed by atoms with Gasteiger partial charge in [-0.15, -0.1) is 0 Å². The number of rotatable bonds is 4. The number of hydrogen-bond acceptors (Lipinski definition) is 0. The molecule has 0 aromatic heterocycles. The molecule has 0 spiro atoms. The average molecular weight is 733 g/mol. The summed E-state index contributed by atoms with van der Waals surface area (Å²) in [6, 6.07) is 68.0. The average Bonchev–Trinajstić information content (AvgIpc) is 3.80. The first kappa shape index (κ1) is 31.9. The van der Waals surface area contributed by atoms with E-state index in [-0.39, 0.29) is 0 Å². The summed E-state index contributed by atoms with van der Waals surface area (Å²) in [7, 11) is 0. The Morgan fingerprint density at radius 3 is 0.810 bits per heavy atom. The fourth-order valence-corrected chi connectivity index (χ4v) is 11.1. The van der Waals surface area contributed by atoms with Crippen LogP contribution in [-0.4, -0.2) is 0 Å². The van der Waals surface area contributed by atoms with E-state index in [1.165, 1.54) is 143 Å². The monoisotopic (exact) mass is 732 g/mol. The summed E-state index contributed by atoms with van der Waals surface area (Å²) < 4.78 is 0. The van der Waals surface area contributed by atoms with Gasteiger partial charge in [-0.1, -0.05) is 182 Å². The van der Waals surface area contributed by atoms with Crippen molar-refractivity contribution in [2.24, 2.45) is 0 Å². The first-order valence-electron chi connectivity index (χ1n) is 20.4. The van der Waals surface area contributed by atoms with Crippen molar-refractivity contribution in [1.29, 1.82) is 0 Å². The van der Waals surface area contributed by atoms with Crippen molar-refractivity contribution >= 4 is 43.1 Å². The van der Waals surface area contributed by atoms with Crippen molar-refractivity contribution in [2.75, 3.05) is 0 Å². The molecule has 0 atom stereocenters. The van der Waals surface area contributed by atoms with Crippen molar-refractivity contribution in [2.45, 2.75) is 13.8 Å². The van der Waals surface area contributed by atoms with Gasteiger partial charge in [0.2, 0.25) is 0 Å². The van der Waals surface area contributed by atoms with Gasteiger partial charge >= 0.3 is 0 Å². The molecule has 0 bridgehead atoms. The molecule has 2 aliphatic carbocycles. The lowest BCUT2D eigenvalue weighted by molar-refractivity contribution is 1.54. The third-order valence-electron chi connectivity index (χ3n) is 13.3. The van der Waals surface area contributed by atoms with Crippen LogP contribution in [0.5, 0.6) is 0 Å². The smallest absolute Gasteiger partial charge is 0.00111 e. The topological polar surface area (TPSA) is 0 Å². The molecule has 0 heteroatoms. The highest BCUT2D eigenvalue weighted by molar-refractivity contribution is 6.42. The van der Waals surface area contributed by atoms with Crippen LogP contribution in [0.3, 0.4) is 0 Å². The fraction of sp³-hybridized carbons (Fsp3) is 0.0345. The van der Waals surface area contributed by atoms with Crippen LogP contribution in [0.15, 0.2) is 182 Å². The lowest BCUT2D eigenvalue weighted by Crippen LogP contribution is -1.93. The van der Waals surface area contributed by atoms with Gasteiger partial charge < -0.3 is 0 Å². The molecule has 11 aromatic carbocycles. The number of fused-ring (bicyclic) bond motifs is 8. The van der Waals surface area contributed by atoms with Crippen LogP contribution in [0.1, 0.15) is 11.1 Å². The molecule has 0 aliphatic heterocycles. The van der Waals surface area contributed by atoms with Gasteiger partial charge in [-0.05, 0) is 157 Å². The summed E-state index contributed by atoms with van der Waals surface area (Å²) >= 11 is 0. The molecule has 0 unspecified atom stereocenters. The van der Waals surface area contributed by atoms with E-state index in [2.05, 4.69) is 196 Å². The Balaban J connectivity index is 1.17. The van der Waals surface area contributed by atoms with E-state index in [4.69, 9.17) is 0 Å². The zero-order chi connectivity index (χ0) is 38.2. The first-order valence-corrected chi connectivity index (χ1v) is 20.4. The molecule has 268 valence electrons. The predicted molar refractivity (Wildman–Crippen MR) is 248 cm³/mol. The summed E-state index contributed by atoms with van der Waals surface area (Å²) in [6.07, 6.45) is 0. The molecular formula is C58H36. The molecular weight excluding hydrogens is 697 g/mol. The van der Waals surface area contributed by atoms with Crippen molar-refractivity contribution in [3.63, 3.8) is 0 Å². The van der Waals surface area contributed by atoms with Crippen LogP contribution in [-0.2, 0) is 0 Å². The second-order valence-electron chi connectivity index (χ2n) is 16.3. The standard InChI is InChI=1S/C58H36/c1-33-31-47-53-41(37-19-11-5-12-20-37)25-23-39(35-15-7-3-8-16-35)51(53)45-30-28-44-50-34(2)32-48-54-42(38-21-13-6-14-22-38)26-24-40(36-17-9-4-10-18-36)52(54)46-29-27-43(58(50)56(46)48)49(33)57(44)55(45)47/h3-32H,1-2H3. The quantitative estimate of drug-likeness (QED) is 0.125. The molecule has 0 heterocycles. The van der Waals surface area contributed by atoms with E-state index < -0.39 is 0 Å². The SMILES string of the molecule is Cc1cc2c3c(ccc4c5c(C)cc6c7c(ccc(c1c34)c75)-c1c(-c3ccccc3)ccc(-c3ccccc3)c1-6)-c1c(-c3ccccc3)ccc(-c3ccccc3)c1-2. The van der Waals surface area contributed by atoms with E-state index in [0.29, 0.717) is 0 Å². The van der Waals surface area contributed by atoms with Crippen molar-refractivity contribution in [3.05, 3.63) is 193 Å². The number of hydrogen-bond donors (Lipinski definition) is 0. The molecule has 11 aromatic rings. The third kappa shape index (κ3) is 4.09. The second kappa shape index (κ2) is 11.6. The van der Waals surface area contributed by atoms with Crippen LogP contribution >= 0.6 is 0 Å². The van der Waals surface area contributed by atoms with Gasteiger partial charge in [0, 0.05) is 0 Å². The largest absolute Gasteiger partial charge is 0.0622 e. The maximum atomic E-state index is 2.51. The maximum absolute atomic E-state index is 2.51. The van der Waals surface area contributed by atoms with E-state index >= 15 is 0 Å². The molecule has 0 radical (unpaired) electrons. The molecule has 0 saturated carbocycles. The summed E-state index contributed by atoms with van der Waals surface area (Å²) in [5, 5.41) is 11.0. The van der Waals surface area contributed by atoms with E-state index in [0.717, 1.165) is 0 Å². The van der Waals surface area contributed by atoms with Crippen LogP contribution < -0.4 is 0 Å². The van der Waals surface area contributed by atoms with Crippen LogP contribution in [0.25, 0.3) is 132 Å². The number of benzene rings is 11. The normalized spacial score (nSPS) is 12.3. The number of aryl methyl sites for hydroxylation is 2. The van der Waals surface area contributed by atoms with E-state index in [9.17, 15) is 0 Å². The predicted octanol–water partition coefficient (Wildman–Crippen LogP) is 16.3. The second-order valence-corrected chi connectivity index (χ2v) is 16.3. The van der Waals surface area contributed by atoms with Gasteiger partial charge in [0.15, 0.2) is 0 Å². The van der Waals surface area contributed by atoms with Gasteiger partial charge in [0.1, 0.15) is 0 Å². The summed E-state index contributed by atoms with van der Waals surface area (Å²) in [5.74, 6) is 0. The minimum atomic E-state index is 1.25. The molecule has 0 amide bonds. The van der Waals surface area contributed by atoms with E-state index in [1.807, 2.05) is 0 Å². The zero-order valence-electron chi connectivity index (χ0n) is 32.3. The molecule has 0 fully saturated rings. The minimum absolute atomic E-state index is 1.25. The van der Waals surface area contributed by atoms with Crippen LogP contribution in [0.4, 0.5) is 0 Å². The Kier molecular flexibility index (Phi) is 6.39. The Bertz CT molecular complexity index is 3280. The molecule has 0 saturated heterocycles. The maximum Gasteiger partial charge on any atom is -0.00111 e. The Morgan fingerprint density at radius 1 is 0.224 bits per heavy atom. The van der Waals surface area contributed by atoms with Crippen molar-refractivity contribution in [1.82, 2.24) is 0 Å². The Morgan fingerprint density at radius 2 is 0.500 bits per heavy atom. The highest BCUT2D eigenvalue weighted by Gasteiger charge is 2.34. The summed E-state index contributed by atoms with van der Waals surface area (Å²) in [4.78, 5) is 0. The zero-order valence-corrected chi connectivity index (χ0v) is 32.3. The van der Waals surface area contributed by atoms with E-state index in [1.54, 1.807) is 0 Å². The Hall–Kier alpha value is -7.28. The fourth-order valence-electron chi connectivity index (χ4n) is 11.1. The lowest BCUT2D eigenvalue weighted by Gasteiger charge is -2.20. The molecule has 0 nitrogen and oxygen atoms in total. The summed E-state index contributed by atoms with van der Waals surface area (Å²) in [5.41, 5.74) is 23.6. The van der Waals surface area contributed by atoms with Crippen LogP contribution in [0.2, 0.25) is 0 Å². The highest BCUT2D eigenvalue weighted by Crippen LogP contribution is 2.61. The molecule has 0 N–H and O–H groups in total. The van der Waals surface area contributed by atoms with Crippen molar-refractivity contribution < 1.29 is 0 Å². The lowest BCUT2D eigenvalue weighted by atomic mass is 9.83. The molecule has 2 aliphatic rings. The van der Waals surface area contributed by atoms with Crippen LogP contribution in [0, 0.1) is 13.8 Å². The first-order chi connectivity index (χ1) is 28.7. The van der Waals surface area contributed by atoms with Crippen molar-refractivity contribution in [3.8, 4) is 89.0 Å². The minimum Gasteiger partial charge on any atom is -0.0622 e. The summed E-state index contributed by atoms with van der Waals surface area (Å²) in [6.45, 7) is 4.69. The molecule has 13 rings (SSSR count). The highest BCUT2D eigenvalue weighted by atomic mass is 14.4. The van der Waals surface area contributed by atoms with Gasteiger partial charge in [-0.2, -0.15) is 0 Å². The van der Waals surface area contributed by atoms with Gasteiger partial charge in [0.05, 0.1) is 0 Å². The van der Waals surface area contributed by atoms with Gasteiger partial charge in [0.25, 0.3) is 0 Å². The van der Waals surface area contributed by atoms with Gasteiger partial charge in [-0.25, -0.2) is 0 Å². The van der Waals surface area contributed by atoms with Gasteiger partial charge in [-0.3, -0.25) is 0 Å².